The van der Waals surface area contributed by atoms with E-state index in [0.717, 1.165) is 10.2 Å². The molecule has 0 saturated heterocycles. The highest BCUT2D eigenvalue weighted by molar-refractivity contribution is 9.10. The molecular weight excluding hydrogens is 384 g/mol. The van der Waals surface area contributed by atoms with Crippen molar-refractivity contribution >= 4 is 45.4 Å². The van der Waals surface area contributed by atoms with Gasteiger partial charge in [0.15, 0.2) is 0 Å². The Kier molecular flexibility index (Phi) is 8.46. The standard InChI is InChI=1S/C15H17BrN2O2S2/c1-10(20-12-6-4-5-11(16)7-12)9-18-14(19)13(8-17)15(21-2)22-3/h4-7,10H,9H2,1-3H3,(H,18,19). The fourth-order valence-corrected chi connectivity index (χ4v) is 3.35. The minimum Gasteiger partial charge on any atom is -0.489 e. The first-order valence-corrected chi connectivity index (χ1v) is 9.68. The molecule has 7 heteroatoms. The van der Waals surface area contributed by atoms with E-state index in [1.54, 1.807) is 0 Å². The lowest BCUT2D eigenvalue weighted by Gasteiger charge is -2.16. The number of carbonyl (C=O) groups is 1. The zero-order valence-electron chi connectivity index (χ0n) is 12.6. The number of rotatable bonds is 7. The summed E-state index contributed by atoms with van der Waals surface area (Å²) >= 11 is 6.16. The first-order chi connectivity index (χ1) is 10.5. The summed E-state index contributed by atoms with van der Waals surface area (Å²) in [6.07, 6.45) is 3.48. The molecule has 1 atom stereocenters. The number of carbonyl (C=O) groups excluding carboxylic acids is 1. The van der Waals surface area contributed by atoms with Gasteiger partial charge >= 0.3 is 0 Å². The van der Waals surface area contributed by atoms with Crippen LogP contribution in [0, 0.1) is 11.3 Å². The number of ether oxygens (including phenoxy) is 1. The van der Waals surface area contributed by atoms with Crippen molar-refractivity contribution in [3.8, 4) is 11.8 Å². The summed E-state index contributed by atoms with van der Waals surface area (Å²) in [6.45, 7) is 2.19. The lowest BCUT2D eigenvalue weighted by atomic mass is 10.3. The third-order valence-electron chi connectivity index (χ3n) is 2.60. The molecule has 4 nitrogen and oxygen atoms in total. The van der Waals surface area contributed by atoms with Crippen LogP contribution < -0.4 is 10.1 Å². The van der Waals surface area contributed by atoms with Gasteiger partial charge in [-0.05, 0) is 37.6 Å². The zero-order valence-corrected chi connectivity index (χ0v) is 15.8. The second-order valence-electron chi connectivity index (χ2n) is 4.28. The van der Waals surface area contributed by atoms with Gasteiger partial charge in [0, 0.05) is 4.47 Å². The van der Waals surface area contributed by atoms with Crippen molar-refractivity contribution < 1.29 is 9.53 Å². The van der Waals surface area contributed by atoms with Gasteiger partial charge in [-0.1, -0.05) is 22.0 Å². The summed E-state index contributed by atoms with van der Waals surface area (Å²) in [7, 11) is 0. The quantitative estimate of drug-likeness (QED) is 0.556. The highest BCUT2D eigenvalue weighted by atomic mass is 79.9. The van der Waals surface area contributed by atoms with Crippen molar-refractivity contribution in [3.05, 3.63) is 38.5 Å². The molecule has 0 aromatic heterocycles. The minimum atomic E-state index is -0.370. The maximum Gasteiger partial charge on any atom is 0.263 e. The van der Waals surface area contributed by atoms with E-state index in [9.17, 15) is 4.79 Å². The Balaban J connectivity index is 2.60. The van der Waals surface area contributed by atoms with Gasteiger partial charge in [-0.2, -0.15) is 5.26 Å². The molecule has 0 spiro atoms. The average Bonchev–Trinajstić information content (AvgIpc) is 2.50. The molecule has 0 heterocycles. The van der Waals surface area contributed by atoms with Crippen LogP contribution in [0.4, 0.5) is 0 Å². The van der Waals surface area contributed by atoms with Crippen LogP contribution in [-0.2, 0) is 4.79 Å². The van der Waals surface area contributed by atoms with Crippen LogP contribution >= 0.6 is 39.5 Å². The largest absolute Gasteiger partial charge is 0.489 e. The van der Waals surface area contributed by atoms with Crippen molar-refractivity contribution in [3.63, 3.8) is 0 Å². The van der Waals surface area contributed by atoms with Crippen molar-refractivity contribution in [2.24, 2.45) is 0 Å². The molecular formula is C15H17BrN2O2S2. The summed E-state index contributed by atoms with van der Waals surface area (Å²) in [6, 6.07) is 9.47. The lowest BCUT2D eigenvalue weighted by molar-refractivity contribution is -0.117. The van der Waals surface area contributed by atoms with Gasteiger partial charge < -0.3 is 10.1 Å². The number of nitrogens with one attached hydrogen (secondary N) is 1. The predicted molar refractivity (Wildman–Crippen MR) is 96.9 cm³/mol. The van der Waals surface area contributed by atoms with Crippen molar-refractivity contribution in [1.29, 1.82) is 5.26 Å². The topological polar surface area (TPSA) is 62.1 Å². The third-order valence-corrected chi connectivity index (χ3v) is 5.24. The lowest BCUT2D eigenvalue weighted by Crippen LogP contribution is -2.34. The monoisotopic (exact) mass is 400 g/mol. The Morgan fingerprint density at radius 3 is 2.68 bits per heavy atom. The van der Waals surface area contributed by atoms with E-state index in [0.29, 0.717) is 10.8 Å². The zero-order chi connectivity index (χ0) is 16.5. The van der Waals surface area contributed by atoms with Gasteiger partial charge in [-0.3, -0.25) is 4.79 Å². The maximum atomic E-state index is 12.1. The molecule has 0 radical (unpaired) electrons. The molecule has 22 heavy (non-hydrogen) atoms. The maximum absolute atomic E-state index is 12.1. The van der Waals surface area contributed by atoms with E-state index in [2.05, 4.69) is 21.2 Å². The molecule has 1 N–H and O–H groups in total. The fraction of sp³-hybridized carbons (Fsp3) is 0.333. The Labute approximate surface area is 147 Å². The van der Waals surface area contributed by atoms with Gasteiger partial charge in [0.05, 0.1) is 10.8 Å². The molecule has 1 aromatic rings. The Morgan fingerprint density at radius 1 is 1.45 bits per heavy atom. The third kappa shape index (κ3) is 5.95. The first kappa shape index (κ1) is 18.9. The van der Waals surface area contributed by atoms with Crippen LogP contribution in [0.15, 0.2) is 38.5 Å². The molecule has 0 aliphatic heterocycles. The van der Waals surface area contributed by atoms with Gasteiger partial charge in [-0.15, -0.1) is 23.5 Å². The molecule has 0 saturated carbocycles. The first-order valence-electron chi connectivity index (χ1n) is 6.44. The van der Waals surface area contributed by atoms with E-state index in [1.807, 2.05) is 49.8 Å². The number of benzene rings is 1. The summed E-state index contributed by atoms with van der Waals surface area (Å²) in [5, 5.41) is 11.9. The van der Waals surface area contributed by atoms with Crippen LogP contribution in [-0.4, -0.2) is 31.1 Å². The van der Waals surface area contributed by atoms with Crippen LogP contribution in [0.5, 0.6) is 5.75 Å². The normalized spacial score (nSPS) is 11.2. The van der Waals surface area contributed by atoms with Gasteiger partial charge in [0.2, 0.25) is 0 Å². The Morgan fingerprint density at radius 2 is 2.14 bits per heavy atom. The van der Waals surface area contributed by atoms with Crippen LogP contribution in [0.2, 0.25) is 0 Å². The Hall–Kier alpha value is -1.10. The molecule has 1 aromatic carbocycles. The smallest absolute Gasteiger partial charge is 0.263 e. The molecule has 0 fully saturated rings. The summed E-state index contributed by atoms with van der Waals surface area (Å²) in [5.41, 5.74) is 0.148. The van der Waals surface area contributed by atoms with Crippen molar-refractivity contribution in [1.82, 2.24) is 5.32 Å². The molecule has 118 valence electrons. The van der Waals surface area contributed by atoms with Crippen LogP contribution in [0.25, 0.3) is 0 Å². The average molecular weight is 401 g/mol. The molecule has 1 unspecified atom stereocenters. The van der Waals surface area contributed by atoms with E-state index in [-0.39, 0.29) is 17.6 Å². The van der Waals surface area contributed by atoms with Crippen molar-refractivity contribution in [2.45, 2.75) is 13.0 Å². The SMILES string of the molecule is CSC(SC)=C(C#N)C(=O)NCC(C)Oc1cccc(Br)c1. The van der Waals surface area contributed by atoms with Crippen molar-refractivity contribution in [2.75, 3.05) is 19.1 Å². The fourth-order valence-electron chi connectivity index (χ4n) is 1.62. The molecule has 0 bridgehead atoms. The highest BCUT2D eigenvalue weighted by Gasteiger charge is 2.15. The van der Waals surface area contributed by atoms with Crippen LogP contribution in [0.3, 0.4) is 0 Å². The second-order valence-corrected chi connectivity index (χ2v) is 7.09. The Bertz CT molecular complexity index is 593. The van der Waals surface area contributed by atoms with E-state index in [4.69, 9.17) is 10.00 Å². The molecule has 1 amide bonds. The van der Waals surface area contributed by atoms with Gasteiger partial charge in [0.25, 0.3) is 5.91 Å². The number of nitriles is 1. The number of amides is 1. The summed E-state index contributed by atoms with van der Waals surface area (Å²) < 4.78 is 7.36. The van der Waals surface area contributed by atoms with Gasteiger partial charge in [0.1, 0.15) is 23.5 Å². The predicted octanol–water partition coefficient (Wildman–Crippen LogP) is 3.79. The van der Waals surface area contributed by atoms with E-state index in [1.165, 1.54) is 23.5 Å². The minimum absolute atomic E-state index is 0.148. The van der Waals surface area contributed by atoms with E-state index >= 15 is 0 Å². The second kappa shape index (κ2) is 9.82. The van der Waals surface area contributed by atoms with Gasteiger partial charge in [-0.25, -0.2) is 0 Å². The van der Waals surface area contributed by atoms with Crippen LogP contribution in [0.1, 0.15) is 6.92 Å². The number of hydrogen-bond donors (Lipinski definition) is 1. The number of thioether (sulfide) groups is 2. The summed E-state index contributed by atoms with van der Waals surface area (Å²) in [5.74, 6) is 0.354. The molecule has 0 aliphatic rings. The highest BCUT2D eigenvalue weighted by Crippen LogP contribution is 2.27. The summed E-state index contributed by atoms with van der Waals surface area (Å²) in [4.78, 5) is 12.1. The van der Waals surface area contributed by atoms with E-state index < -0.39 is 0 Å². The number of nitrogens with zero attached hydrogens (tertiary/aromatic N) is 1. The molecule has 1 rings (SSSR count). The molecule has 0 aliphatic carbocycles. The number of hydrogen-bond acceptors (Lipinski definition) is 5. The number of halogens is 1.